The van der Waals surface area contributed by atoms with Crippen molar-refractivity contribution in [1.29, 1.82) is 0 Å². The molecule has 0 amide bonds. The van der Waals surface area contributed by atoms with Crippen LogP contribution in [0.5, 0.6) is 0 Å². The Balaban J connectivity index is 1.56. The molecule has 0 aliphatic carbocycles. The molecule has 4 nitrogen and oxygen atoms in total. The molecule has 0 unspecified atom stereocenters. The van der Waals surface area contributed by atoms with Gasteiger partial charge in [-0.15, -0.1) is 0 Å². The zero-order chi connectivity index (χ0) is 29.6. The summed E-state index contributed by atoms with van der Waals surface area (Å²) >= 11 is 0. The van der Waals surface area contributed by atoms with Crippen molar-refractivity contribution in [2.24, 2.45) is 0 Å². The summed E-state index contributed by atoms with van der Waals surface area (Å²) in [6.07, 6.45) is 0. The Morgan fingerprint density at radius 3 is 0.909 bits per heavy atom. The summed E-state index contributed by atoms with van der Waals surface area (Å²) in [7, 11) is 0. The van der Waals surface area contributed by atoms with Crippen molar-refractivity contribution >= 4 is 45.5 Å². The Kier molecular flexibility index (Phi) is 6.20. The Morgan fingerprint density at radius 1 is 0.295 bits per heavy atom. The van der Waals surface area contributed by atoms with Gasteiger partial charge in [-0.3, -0.25) is 19.6 Å². The van der Waals surface area contributed by atoms with Crippen LogP contribution >= 0.6 is 0 Å². The van der Waals surface area contributed by atoms with Gasteiger partial charge < -0.3 is 0 Å². The zero-order valence-corrected chi connectivity index (χ0v) is 24.8. The maximum Gasteiger partial charge on any atom is 0.166 e. The summed E-state index contributed by atoms with van der Waals surface area (Å²) in [5, 5.41) is 0. The highest BCUT2D eigenvalue weighted by atomic mass is 15.5. The van der Waals surface area contributed by atoms with Crippen LogP contribution < -0.4 is 19.6 Å². The molecule has 0 saturated heterocycles. The van der Waals surface area contributed by atoms with Crippen molar-refractivity contribution in [3.63, 3.8) is 0 Å². The van der Waals surface area contributed by atoms with Gasteiger partial charge in [-0.05, 0) is 85.6 Å². The summed E-state index contributed by atoms with van der Waals surface area (Å²) in [5.74, 6) is 2.13. The molecule has 4 heteroatoms. The van der Waals surface area contributed by atoms with E-state index in [4.69, 9.17) is 0 Å². The fraction of sp³-hybridized carbons (Fsp3) is 0.0500. The lowest BCUT2D eigenvalue weighted by Crippen LogP contribution is -2.33. The van der Waals surface area contributed by atoms with Crippen molar-refractivity contribution in [3.05, 3.63) is 180 Å². The van der Waals surface area contributed by atoms with Crippen LogP contribution in [0.15, 0.2) is 169 Å². The molecule has 44 heavy (non-hydrogen) atoms. The van der Waals surface area contributed by atoms with Gasteiger partial charge in [0.1, 0.15) is 0 Å². The van der Waals surface area contributed by atoms with Crippen molar-refractivity contribution < 1.29 is 0 Å². The predicted molar refractivity (Wildman–Crippen MR) is 184 cm³/mol. The predicted octanol–water partition coefficient (Wildman–Crippen LogP) is 10.7. The summed E-state index contributed by atoms with van der Waals surface area (Å²) < 4.78 is 0. The third kappa shape index (κ3) is 3.99. The number of hydrogen-bond donors (Lipinski definition) is 0. The first-order valence-corrected chi connectivity index (χ1v) is 15.1. The zero-order valence-electron chi connectivity index (χ0n) is 24.8. The molecule has 0 radical (unpaired) electrons. The Bertz CT molecular complexity index is 1840. The normalized spacial score (nSPS) is 15.5. The van der Waals surface area contributed by atoms with Crippen LogP contribution in [0.1, 0.15) is 11.1 Å². The van der Waals surface area contributed by atoms with Crippen molar-refractivity contribution in [2.45, 2.75) is 13.8 Å². The van der Waals surface area contributed by atoms with Crippen LogP contribution in [-0.4, -0.2) is 0 Å². The number of fused-ring (bicyclic) bond motifs is 2. The lowest BCUT2D eigenvalue weighted by Gasteiger charge is -2.34. The number of aryl methyl sites for hydroxylation is 2. The Labute approximate surface area is 259 Å². The number of hydrogen-bond acceptors (Lipinski definition) is 4. The minimum absolute atomic E-state index is 1.06. The van der Waals surface area contributed by atoms with Gasteiger partial charge in [-0.2, -0.15) is 0 Å². The van der Waals surface area contributed by atoms with Crippen molar-refractivity contribution in [1.82, 2.24) is 0 Å². The first-order chi connectivity index (χ1) is 21.7. The molecule has 2 aliphatic heterocycles. The van der Waals surface area contributed by atoms with Crippen LogP contribution in [0.25, 0.3) is 0 Å². The first-order valence-electron chi connectivity index (χ1n) is 15.1. The fourth-order valence-corrected chi connectivity index (χ4v) is 6.60. The van der Waals surface area contributed by atoms with E-state index in [0.29, 0.717) is 0 Å². The highest BCUT2D eigenvalue weighted by Crippen LogP contribution is 2.58. The maximum atomic E-state index is 2.44. The molecule has 0 spiro atoms. The molecular formula is C40H32N4. The number of rotatable bonds is 4. The van der Waals surface area contributed by atoms with Gasteiger partial charge >= 0.3 is 0 Å². The lowest BCUT2D eigenvalue weighted by molar-refractivity contribution is 1.01. The molecule has 6 aromatic rings. The van der Waals surface area contributed by atoms with Crippen LogP contribution in [0.2, 0.25) is 0 Å². The molecule has 0 saturated carbocycles. The first kappa shape index (κ1) is 25.9. The smallest absolute Gasteiger partial charge is 0.166 e. The Morgan fingerprint density at radius 2 is 0.591 bits per heavy atom. The van der Waals surface area contributed by atoms with E-state index in [1.54, 1.807) is 0 Å². The second-order valence-electron chi connectivity index (χ2n) is 11.2. The lowest BCUT2D eigenvalue weighted by atomic mass is 10.1. The summed E-state index contributed by atoms with van der Waals surface area (Å²) in [6, 6.07) is 56.2. The largest absolute Gasteiger partial charge is 0.291 e. The fourth-order valence-electron chi connectivity index (χ4n) is 6.60. The van der Waals surface area contributed by atoms with E-state index >= 15 is 0 Å². The second-order valence-corrected chi connectivity index (χ2v) is 11.2. The SMILES string of the molecule is Cc1cccc2c1N(c1ccccc1)/C(=C1\N(c3ccccc3)c3cccc(C)c3N1c1ccccc1)N2c1ccccc1. The molecule has 8 rings (SSSR count). The van der Waals surface area contributed by atoms with Crippen LogP contribution in [0, 0.1) is 13.8 Å². The van der Waals surface area contributed by atoms with Crippen LogP contribution in [0.3, 0.4) is 0 Å². The van der Waals surface area contributed by atoms with E-state index in [1.165, 1.54) is 22.5 Å². The summed E-state index contributed by atoms with van der Waals surface area (Å²) in [5.41, 5.74) is 11.5. The van der Waals surface area contributed by atoms with Gasteiger partial charge in [-0.1, -0.05) is 97.1 Å². The minimum atomic E-state index is 1.06. The number of anilines is 8. The van der Waals surface area contributed by atoms with E-state index in [2.05, 4.69) is 191 Å². The molecule has 0 bridgehead atoms. The molecule has 2 heterocycles. The van der Waals surface area contributed by atoms with Gasteiger partial charge in [0.25, 0.3) is 0 Å². The second kappa shape index (κ2) is 10.5. The molecule has 2 aliphatic rings. The third-order valence-corrected chi connectivity index (χ3v) is 8.47. The van der Waals surface area contributed by atoms with Gasteiger partial charge in [0.05, 0.1) is 22.7 Å². The number of benzene rings is 6. The number of para-hydroxylation sites is 6. The monoisotopic (exact) mass is 568 g/mol. The van der Waals surface area contributed by atoms with E-state index in [-0.39, 0.29) is 0 Å². The van der Waals surface area contributed by atoms with Gasteiger partial charge in [0.15, 0.2) is 11.6 Å². The molecule has 0 atom stereocenters. The van der Waals surface area contributed by atoms with E-state index in [0.717, 1.165) is 45.8 Å². The standard InChI is InChI=1S/C40H32N4/c1-29-17-15-27-35-37(29)43(33-23-11-5-12-24-33)39(41(35)31-19-7-3-8-20-31)40-42(32-21-9-4-10-22-32)36-28-16-18-30(2)38(36)44(40)34-25-13-6-14-26-34/h3-28H,1-2H3/b40-39+. The molecule has 0 aromatic heterocycles. The molecular weight excluding hydrogens is 536 g/mol. The quantitative estimate of drug-likeness (QED) is 0.210. The van der Waals surface area contributed by atoms with Crippen LogP contribution in [0.4, 0.5) is 45.5 Å². The maximum absolute atomic E-state index is 2.44. The van der Waals surface area contributed by atoms with Gasteiger partial charge in [-0.25, -0.2) is 0 Å². The van der Waals surface area contributed by atoms with Crippen LogP contribution in [-0.2, 0) is 0 Å². The topological polar surface area (TPSA) is 13.0 Å². The average Bonchev–Trinajstić information content (AvgIpc) is 3.61. The highest BCUT2D eigenvalue weighted by Gasteiger charge is 2.45. The summed E-state index contributed by atoms with van der Waals surface area (Å²) in [4.78, 5) is 9.75. The average molecular weight is 569 g/mol. The molecule has 212 valence electrons. The molecule has 0 N–H and O–H groups in total. The van der Waals surface area contributed by atoms with E-state index in [9.17, 15) is 0 Å². The Hall–Kier alpha value is -5.74. The summed E-state index contributed by atoms with van der Waals surface area (Å²) in [6.45, 7) is 4.42. The molecule has 6 aromatic carbocycles. The van der Waals surface area contributed by atoms with E-state index in [1.807, 2.05) is 0 Å². The minimum Gasteiger partial charge on any atom is -0.291 e. The van der Waals surface area contributed by atoms with Gasteiger partial charge in [0.2, 0.25) is 0 Å². The van der Waals surface area contributed by atoms with Gasteiger partial charge in [0, 0.05) is 22.7 Å². The number of nitrogens with zero attached hydrogens (tertiary/aromatic N) is 4. The third-order valence-electron chi connectivity index (χ3n) is 8.47. The van der Waals surface area contributed by atoms with E-state index < -0.39 is 0 Å². The molecule has 0 fully saturated rings. The van der Waals surface area contributed by atoms with Crippen molar-refractivity contribution in [2.75, 3.05) is 19.6 Å². The highest BCUT2D eigenvalue weighted by molar-refractivity contribution is 6.01. The van der Waals surface area contributed by atoms with Crippen molar-refractivity contribution in [3.8, 4) is 0 Å².